The van der Waals surface area contributed by atoms with E-state index in [1.165, 1.54) is 0 Å². The highest BCUT2D eigenvalue weighted by atomic mass is 16.3. The van der Waals surface area contributed by atoms with Crippen molar-refractivity contribution < 1.29 is 19.8 Å². The maximum Gasteiger partial charge on any atom is 0.147 e. The Labute approximate surface area is 321 Å². The molecule has 0 unspecified atom stereocenters. The molecule has 2 aromatic heterocycles. The third kappa shape index (κ3) is 4.11. The van der Waals surface area contributed by atoms with E-state index in [0.29, 0.717) is 33.4 Å². The number of rotatable bonds is 3. The average Bonchev–Trinajstić information content (AvgIpc) is 3.88. The summed E-state index contributed by atoms with van der Waals surface area (Å²) in [6.45, 7) is 0. The zero-order chi connectivity index (χ0) is 42.3. The minimum absolute atomic E-state index is 0.145. The van der Waals surface area contributed by atoms with Crippen LogP contribution in [0, 0.1) is 0 Å². The zero-order valence-electron chi connectivity index (χ0n) is 36.5. The number of para-hydroxylation sites is 1. The molecule has 2 nitrogen and oxygen atoms in total. The van der Waals surface area contributed by atoms with Gasteiger partial charge in [0.05, 0.1) is 16.4 Å². The summed E-state index contributed by atoms with van der Waals surface area (Å²) in [7, 11) is 0. The monoisotopic (exact) mass is 694 g/mol. The van der Waals surface area contributed by atoms with Crippen LogP contribution in [0.1, 0.15) is 11.0 Å². The molecule has 0 amide bonds. The van der Waals surface area contributed by atoms with Gasteiger partial charge in [-0.05, 0) is 107 Å². The van der Waals surface area contributed by atoms with Gasteiger partial charge in [-0.1, -0.05) is 151 Å². The maximum atomic E-state index is 9.55. The van der Waals surface area contributed by atoms with Crippen LogP contribution in [0.15, 0.2) is 191 Å². The van der Waals surface area contributed by atoms with E-state index in [0.717, 1.165) is 59.8 Å². The quantitative estimate of drug-likeness (QED) is 0.136. The van der Waals surface area contributed by atoms with Crippen LogP contribution in [0.3, 0.4) is 0 Å². The smallest absolute Gasteiger partial charge is 0.147 e. The second-order valence-corrected chi connectivity index (χ2v) is 13.7. The number of hydrogen-bond donors (Lipinski definition) is 0. The van der Waals surface area contributed by atoms with Gasteiger partial charge in [-0.3, -0.25) is 0 Å². The lowest BCUT2D eigenvalue weighted by molar-refractivity contribution is 0.663. The molecule has 12 aromatic rings. The van der Waals surface area contributed by atoms with Gasteiger partial charge in [-0.15, -0.1) is 0 Å². The first-order valence-electron chi connectivity index (χ1n) is 21.9. The van der Waals surface area contributed by atoms with Crippen LogP contribution in [-0.4, -0.2) is 0 Å². The molecule has 54 heavy (non-hydrogen) atoms. The topological polar surface area (TPSA) is 26.3 Å². The van der Waals surface area contributed by atoms with Crippen LogP contribution in [0.5, 0.6) is 0 Å². The Balaban J connectivity index is 1.22. The molecule has 12 rings (SSSR count). The average molecular weight is 695 g/mol. The van der Waals surface area contributed by atoms with Gasteiger partial charge in [-0.2, -0.15) is 0 Å². The molecule has 10 aromatic carbocycles. The van der Waals surface area contributed by atoms with Crippen molar-refractivity contribution in [2.24, 2.45) is 0 Å². The van der Waals surface area contributed by atoms with Crippen LogP contribution in [-0.2, 0) is 0 Å². The normalized spacial score (nSPS) is 14.1. The predicted molar refractivity (Wildman–Crippen MR) is 227 cm³/mol. The SMILES string of the molecule is [2H]c1c([2H])c([2H])c2c(-c3cccc4c3ccc3c(-c5ccccc5)cccc34)c3c([2H])c([2H])c([2H])c([2H])c3c(-c3ccc4c(c3)oc3c4ccc4oc5ccccc5c43)c2c1[2H]. The molecule has 0 radical (unpaired) electrons. The molecule has 0 saturated heterocycles. The van der Waals surface area contributed by atoms with E-state index in [4.69, 9.17) is 14.3 Å². The maximum absolute atomic E-state index is 9.55. The van der Waals surface area contributed by atoms with Gasteiger partial charge in [0.1, 0.15) is 22.3 Å². The van der Waals surface area contributed by atoms with Crippen molar-refractivity contribution in [1.82, 2.24) is 0 Å². The summed E-state index contributed by atoms with van der Waals surface area (Å²) < 4.78 is 86.8. The number of fused-ring (bicyclic) bond motifs is 12. The molecule has 2 heteroatoms. The van der Waals surface area contributed by atoms with Crippen LogP contribution < -0.4 is 0 Å². The van der Waals surface area contributed by atoms with Gasteiger partial charge in [0.2, 0.25) is 0 Å². The minimum atomic E-state index is -0.453. The predicted octanol–water partition coefficient (Wildman–Crippen LogP) is 15.1. The summed E-state index contributed by atoms with van der Waals surface area (Å²) in [6.07, 6.45) is 0. The first-order valence-corrected chi connectivity index (χ1v) is 17.9. The highest BCUT2D eigenvalue weighted by molar-refractivity contribution is 6.26. The molecule has 0 saturated carbocycles. The largest absolute Gasteiger partial charge is 0.456 e. The Morgan fingerprint density at radius 2 is 0.926 bits per heavy atom. The third-order valence-corrected chi connectivity index (χ3v) is 10.9. The molecule has 0 fully saturated rings. The Bertz CT molecular complexity index is 3880. The lowest BCUT2D eigenvalue weighted by Gasteiger charge is -2.19. The molecule has 250 valence electrons. The first kappa shape index (κ1) is 22.7. The van der Waals surface area contributed by atoms with Crippen molar-refractivity contribution in [2.75, 3.05) is 0 Å². The Kier molecular flexibility index (Phi) is 4.70. The molecule has 0 bridgehead atoms. The van der Waals surface area contributed by atoms with Gasteiger partial charge < -0.3 is 8.83 Å². The third-order valence-electron chi connectivity index (χ3n) is 10.9. The summed E-state index contributed by atoms with van der Waals surface area (Å²) in [5, 5.41) is 7.67. The van der Waals surface area contributed by atoms with Crippen LogP contribution >= 0.6 is 0 Å². The second-order valence-electron chi connectivity index (χ2n) is 13.7. The Morgan fingerprint density at radius 3 is 1.67 bits per heavy atom. The number of furan rings is 2. The molecule has 0 aliphatic rings. The van der Waals surface area contributed by atoms with Crippen LogP contribution in [0.2, 0.25) is 0 Å². The van der Waals surface area contributed by atoms with Crippen molar-refractivity contribution in [3.8, 4) is 33.4 Å². The van der Waals surface area contributed by atoms with E-state index in [1.54, 1.807) is 6.07 Å². The van der Waals surface area contributed by atoms with Gasteiger partial charge in [0, 0.05) is 16.2 Å². The number of hydrogen-bond acceptors (Lipinski definition) is 2. The lowest BCUT2D eigenvalue weighted by atomic mass is 9.84. The minimum Gasteiger partial charge on any atom is -0.456 e. The fourth-order valence-corrected chi connectivity index (χ4v) is 8.59. The summed E-state index contributed by atoms with van der Waals surface area (Å²) in [6, 6.07) is 40.2. The van der Waals surface area contributed by atoms with E-state index in [2.05, 4.69) is 30.3 Å². The second kappa shape index (κ2) is 11.2. The van der Waals surface area contributed by atoms with E-state index < -0.39 is 24.2 Å². The van der Waals surface area contributed by atoms with Gasteiger partial charge in [-0.25, -0.2) is 0 Å². The van der Waals surface area contributed by atoms with Crippen molar-refractivity contribution in [1.29, 1.82) is 0 Å². The molecular formula is C52H30O2. The van der Waals surface area contributed by atoms with Crippen molar-refractivity contribution in [3.63, 3.8) is 0 Å². The summed E-state index contributed by atoms with van der Waals surface area (Å²) >= 11 is 0. The van der Waals surface area contributed by atoms with E-state index in [1.807, 2.05) is 97.1 Å². The van der Waals surface area contributed by atoms with Crippen molar-refractivity contribution in [2.45, 2.75) is 0 Å². The molecule has 2 heterocycles. The summed E-state index contributed by atoms with van der Waals surface area (Å²) in [5.41, 5.74) is 6.28. The number of benzene rings is 10. The fraction of sp³-hybridized carbons (Fsp3) is 0. The van der Waals surface area contributed by atoms with Gasteiger partial charge >= 0.3 is 0 Å². The van der Waals surface area contributed by atoms with E-state index >= 15 is 0 Å². The van der Waals surface area contributed by atoms with Gasteiger partial charge in [0.15, 0.2) is 0 Å². The van der Waals surface area contributed by atoms with Crippen LogP contribution in [0.4, 0.5) is 0 Å². The zero-order valence-corrected chi connectivity index (χ0v) is 28.5. The molecular weight excluding hydrogens is 657 g/mol. The standard InChI is InChI=1S/C52H30O2/c1-2-12-31(13-3-1)33-19-10-20-34-35-21-11-22-39(37(35)27-26-36(33)34)50-42-16-6-4-14-40(42)49(41-15-5-7-17-43(41)50)32-24-25-38-44-28-29-47-51(52(44)54-48(38)30-32)45-18-8-9-23-46(45)53-47/h1-30H/i4D,5D,6D,7D,14D,15D,16D,17D. The Morgan fingerprint density at radius 1 is 0.333 bits per heavy atom. The first-order chi connectivity index (χ1) is 30.1. The van der Waals surface area contributed by atoms with Crippen LogP contribution in [0.25, 0.3) is 120 Å². The van der Waals surface area contributed by atoms with Gasteiger partial charge in [0.25, 0.3) is 0 Å². The summed E-state index contributed by atoms with van der Waals surface area (Å²) in [5.74, 6) is 0. The molecule has 0 atom stereocenters. The molecule has 0 spiro atoms. The molecule has 0 aliphatic carbocycles. The van der Waals surface area contributed by atoms with E-state index in [9.17, 15) is 5.48 Å². The highest BCUT2D eigenvalue weighted by Gasteiger charge is 2.21. The summed E-state index contributed by atoms with van der Waals surface area (Å²) in [4.78, 5) is 0. The Hall–Kier alpha value is -7.16. The van der Waals surface area contributed by atoms with E-state index in [-0.39, 0.29) is 51.3 Å². The van der Waals surface area contributed by atoms with Crippen molar-refractivity contribution in [3.05, 3.63) is 182 Å². The van der Waals surface area contributed by atoms with Crippen molar-refractivity contribution >= 4 is 87.0 Å². The molecule has 0 aliphatic heterocycles. The molecule has 0 N–H and O–H groups in total. The fourth-order valence-electron chi connectivity index (χ4n) is 8.59. The highest BCUT2D eigenvalue weighted by Crippen LogP contribution is 2.47. The lowest BCUT2D eigenvalue weighted by Crippen LogP contribution is -1.92.